The molecule has 3 heterocycles. The van der Waals surface area contributed by atoms with Gasteiger partial charge in [-0.3, -0.25) is 23.4 Å². The number of amides is 2. The highest BCUT2D eigenvalue weighted by molar-refractivity contribution is 7.99. The summed E-state index contributed by atoms with van der Waals surface area (Å²) in [6, 6.07) is 8.18. The number of nitrogens with one attached hydrogen (secondary N) is 1. The number of esters is 1. The average molecular weight is 487 g/mol. The lowest BCUT2D eigenvalue weighted by Gasteiger charge is -2.39. The Hall–Kier alpha value is -3.08. The number of carbonyl (C=O) groups excluding carboxylic acids is 3. The van der Waals surface area contributed by atoms with Crippen LogP contribution in [0.2, 0.25) is 0 Å². The molecule has 2 aromatic heterocycles. The van der Waals surface area contributed by atoms with Gasteiger partial charge >= 0.3 is 5.97 Å². The maximum Gasteiger partial charge on any atom is 0.325 e. The molecule has 1 fully saturated rings. The molecule has 2 amide bonds. The van der Waals surface area contributed by atoms with Crippen LogP contribution in [-0.2, 0) is 25.7 Å². The molecule has 0 aliphatic carbocycles. The minimum Gasteiger partial charge on any atom is -0.465 e. The van der Waals surface area contributed by atoms with Crippen LogP contribution in [0.1, 0.15) is 40.0 Å². The number of carbonyl (C=O) groups is 3. The number of thioether (sulfide) groups is 1. The summed E-state index contributed by atoms with van der Waals surface area (Å²) in [6.07, 6.45) is 3.17. The van der Waals surface area contributed by atoms with Gasteiger partial charge in [0, 0.05) is 12.1 Å². The zero-order valence-electron chi connectivity index (χ0n) is 19.7. The van der Waals surface area contributed by atoms with Crippen molar-refractivity contribution in [3.63, 3.8) is 0 Å². The van der Waals surface area contributed by atoms with Crippen molar-refractivity contribution in [2.75, 3.05) is 18.9 Å². The molecule has 0 bridgehead atoms. The first-order chi connectivity index (χ1) is 16.4. The molecular formula is C23H30N6O4S. The SMILES string of the molecule is CCOC(=O)CNC(=O)CSc1nnc2n(CC(=O)N3[C@@H](C)CCC[C@@H]3C)c3ccccc3n12. The van der Waals surface area contributed by atoms with Crippen LogP contribution < -0.4 is 5.32 Å². The van der Waals surface area contributed by atoms with Crippen molar-refractivity contribution in [2.45, 2.75) is 63.8 Å². The number of imidazole rings is 1. The van der Waals surface area contributed by atoms with Crippen LogP contribution in [0.3, 0.4) is 0 Å². The van der Waals surface area contributed by atoms with Crippen LogP contribution >= 0.6 is 11.8 Å². The van der Waals surface area contributed by atoms with E-state index in [0.717, 1.165) is 30.3 Å². The van der Waals surface area contributed by atoms with Crippen molar-refractivity contribution in [3.8, 4) is 0 Å². The predicted molar refractivity (Wildman–Crippen MR) is 128 cm³/mol. The van der Waals surface area contributed by atoms with Gasteiger partial charge in [-0.2, -0.15) is 0 Å². The normalized spacial score (nSPS) is 18.4. The van der Waals surface area contributed by atoms with Gasteiger partial charge in [0.15, 0.2) is 5.16 Å². The lowest BCUT2D eigenvalue weighted by atomic mass is 9.97. The number of likely N-dealkylation sites (tertiary alicyclic amines) is 1. The fourth-order valence-electron chi connectivity index (χ4n) is 4.58. The highest BCUT2D eigenvalue weighted by Crippen LogP contribution is 2.27. The molecule has 1 aliphatic rings. The number of fused-ring (bicyclic) bond motifs is 3. The molecule has 34 heavy (non-hydrogen) atoms. The van der Waals surface area contributed by atoms with Gasteiger partial charge in [0.1, 0.15) is 13.1 Å². The maximum absolute atomic E-state index is 13.3. The van der Waals surface area contributed by atoms with Crippen LogP contribution in [0.15, 0.2) is 29.4 Å². The van der Waals surface area contributed by atoms with E-state index in [4.69, 9.17) is 4.74 Å². The topological polar surface area (TPSA) is 111 Å². The zero-order valence-corrected chi connectivity index (χ0v) is 20.5. The Morgan fingerprint density at radius 2 is 1.82 bits per heavy atom. The highest BCUT2D eigenvalue weighted by Gasteiger charge is 2.30. The van der Waals surface area contributed by atoms with Crippen molar-refractivity contribution in [2.24, 2.45) is 0 Å². The summed E-state index contributed by atoms with van der Waals surface area (Å²) >= 11 is 1.22. The summed E-state index contributed by atoms with van der Waals surface area (Å²) in [4.78, 5) is 38.9. The Kier molecular flexibility index (Phi) is 7.40. The van der Waals surface area contributed by atoms with E-state index in [1.807, 2.05) is 38.1 Å². The summed E-state index contributed by atoms with van der Waals surface area (Å²) in [7, 11) is 0. The van der Waals surface area contributed by atoms with Crippen LogP contribution in [0.5, 0.6) is 0 Å². The Balaban J connectivity index is 1.55. The van der Waals surface area contributed by atoms with E-state index < -0.39 is 5.97 Å². The van der Waals surface area contributed by atoms with E-state index in [-0.39, 0.29) is 49.3 Å². The number of rotatable bonds is 8. The third-order valence-electron chi connectivity index (χ3n) is 6.11. The molecule has 1 aromatic carbocycles. The smallest absolute Gasteiger partial charge is 0.325 e. The van der Waals surface area contributed by atoms with Crippen LogP contribution in [0.4, 0.5) is 0 Å². The number of hydrogen-bond donors (Lipinski definition) is 1. The number of aromatic nitrogens is 4. The van der Waals surface area contributed by atoms with E-state index in [1.54, 1.807) is 6.92 Å². The van der Waals surface area contributed by atoms with Crippen LogP contribution in [0.25, 0.3) is 16.8 Å². The summed E-state index contributed by atoms with van der Waals surface area (Å²) in [5, 5.41) is 11.7. The predicted octanol–water partition coefficient (Wildman–Crippen LogP) is 2.24. The van der Waals surface area contributed by atoms with E-state index >= 15 is 0 Å². The molecule has 0 saturated carbocycles. The van der Waals surface area contributed by atoms with Gasteiger partial charge in [0.2, 0.25) is 17.6 Å². The second kappa shape index (κ2) is 10.5. The molecule has 0 spiro atoms. The van der Waals surface area contributed by atoms with Gasteiger partial charge in [-0.1, -0.05) is 23.9 Å². The number of hydrogen-bond acceptors (Lipinski definition) is 7. The van der Waals surface area contributed by atoms with Crippen molar-refractivity contribution in [1.29, 1.82) is 0 Å². The second-order valence-corrected chi connectivity index (χ2v) is 9.44. The molecule has 1 N–H and O–H groups in total. The molecule has 182 valence electrons. The largest absolute Gasteiger partial charge is 0.465 e. The van der Waals surface area contributed by atoms with E-state index in [0.29, 0.717) is 10.9 Å². The first-order valence-electron chi connectivity index (χ1n) is 11.6. The van der Waals surface area contributed by atoms with Gasteiger partial charge < -0.3 is 15.0 Å². The number of para-hydroxylation sites is 2. The molecule has 3 aromatic rings. The molecule has 11 heteroatoms. The Morgan fingerprint density at radius 3 is 2.53 bits per heavy atom. The number of piperidine rings is 1. The molecule has 0 unspecified atom stereocenters. The van der Waals surface area contributed by atoms with Crippen molar-refractivity contribution in [1.82, 2.24) is 29.4 Å². The number of nitrogens with zero attached hydrogens (tertiary/aromatic N) is 5. The quantitative estimate of drug-likeness (QED) is 0.384. The molecule has 10 nitrogen and oxygen atoms in total. The highest BCUT2D eigenvalue weighted by atomic mass is 32.2. The summed E-state index contributed by atoms with van der Waals surface area (Å²) in [5.41, 5.74) is 1.75. The van der Waals surface area contributed by atoms with Gasteiger partial charge in [-0.25, -0.2) is 0 Å². The monoisotopic (exact) mass is 486 g/mol. The first kappa shape index (κ1) is 24.1. The first-order valence-corrected chi connectivity index (χ1v) is 12.6. The van der Waals surface area contributed by atoms with Crippen LogP contribution in [0, 0.1) is 0 Å². The number of ether oxygens (including phenoxy) is 1. The van der Waals surface area contributed by atoms with Crippen molar-refractivity contribution < 1.29 is 19.1 Å². The Morgan fingerprint density at radius 1 is 1.12 bits per heavy atom. The Labute approximate surface area is 202 Å². The summed E-state index contributed by atoms with van der Waals surface area (Å²) in [6.45, 7) is 6.20. The lowest BCUT2D eigenvalue weighted by molar-refractivity contribution is -0.143. The average Bonchev–Trinajstić information content (AvgIpc) is 3.36. The molecule has 0 radical (unpaired) electrons. The molecule has 1 saturated heterocycles. The Bertz CT molecular complexity index is 1190. The van der Waals surface area contributed by atoms with E-state index in [1.165, 1.54) is 11.8 Å². The van der Waals surface area contributed by atoms with Gasteiger partial charge in [0.05, 0.1) is 23.4 Å². The maximum atomic E-state index is 13.3. The van der Waals surface area contributed by atoms with Gasteiger partial charge in [-0.05, 0) is 52.2 Å². The second-order valence-electron chi connectivity index (χ2n) is 8.49. The van der Waals surface area contributed by atoms with Crippen molar-refractivity contribution >= 4 is 46.4 Å². The van der Waals surface area contributed by atoms with Crippen LogP contribution in [-0.4, -0.2) is 72.8 Å². The fraction of sp³-hybridized carbons (Fsp3) is 0.522. The fourth-order valence-corrected chi connectivity index (χ4v) is 5.35. The minimum absolute atomic E-state index is 0.0681. The van der Waals surface area contributed by atoms with Crippen molar-refractivity contribution in [3.05, 3.63) is 24.3 Å². The summed E-state index contributed by atoms with van der Waals surface area (Å²) < 4.78 is 8.58. The number of benzene rings is 1. The lowest BCUT2D eigenvalue weighted by Crippen LogP contribution is -2.48. The van der Waals surface area contributed by atoms with Gasteiger partial charge in [-0.15, -0.1) is 10.2 Å². The molecule has 1 aliphatic heterocycles. The van der Waals surface area contributed by atoms with E-state index in [9.17, 15) is 14.4 Å². The zero-order chi connectivity index (χ0) is 24.2. The minimum atomic E-state index is -0.476. The summed E-state index contributed by atoms with van der Waals surface area (Å²) in [5.74, 6) is -0.0843. The molecular weight excluding hydrogens is 456 g/mol. The standard InChI is InChI=1S/C23H30N6O4S/c1-4-33-21(32)12-24-19(30)14-34-23-26-25-22-27(17-10-5-6-11-18(17)29(22)23)13-20(31)28-15(2)8-7-9-16(28)3/h5-6,10-11,15-16H,4,7-9,12-14H2,1-3H3,(H,24,30)/t15-,16-/m0/s1. The molecule has 4 rings (SSSR count). The van der Waals surface area contributed by atoms with Gasteiger partial charge in [0.25, 0.3) is 0 Å². The third-order valence-corrected chi connectivity index (χ3v) is 7.04. The van der Waals surface area contributed by atoms with E-state index in [2.05, 4.69) is 29.4 Å². The molecule has 2 atom stereocenters. The third kappa shape index (κ3) is 4.89.